The molecule has 3 amide bonds. The molecular formula is C9H16N2O3S. The van der Waals surface area contributed by atoms with Crippen molar-refractivity contribution >= 4 is 23.7 Å². The number of aliphatic hydroxyl groups excluding tert-OH is 1. The molecule has 2 N–H and O–H groups in total. The second kappa shape index (κ2) is 5.97. The maximum atomic E-state index is 11.5. The fraction of sp³-hybridized carbons (Fsp3) is 0.778. The van der Waals surface area contributed by atoms with Gasteiger partial charge in [-0.05, 0) is 11.7 Å². The zero-order valence-electron chi connectivity index (χ0n) is 8.73. The van der Waals surface area contributed by atoms with Gasteiger partial charge in [0.05, 0.1) is 5.75 Å². The van der Waals surface area contributed by atoms with Crippen LogP contribution in [0, 0.1) is 5.92 Å². The van der Waals surface area contributed by atoms with Crippen LogP contribution in [0.15, 0.2) is 0 Å². The van der Waals surface area contributed by atoms with Gasteiger partial charge in [0.1, 0.15) is 0 Å². The lowest BCUT2D eigenvalue weighted by Crippen LogP contribution is -2.35. The van der Waals surface area contributed by atoms with E-state index < -0.39 is 0 Å². The molecule has 1 aliphatic heterocycles. The molecule has 0 aliphatic carbocycles. The predicted octanol–water partition coefficient (Wildman–Crippen LogP) is -0.100. The van der Waals surface area contributed by atoms with Crippen molar-refractivity contribution in [1.29, 1.82) is 0 Å². The molecule has 6 heteroatoms. The van der Waals surface area contributed by atoms with Crippen molar-refractivity contribution < 1.29 is 14.7 Å². The van der Waals surface area contributed by atoms with Gasteiger partial charge in [-0.2, -0.15) is 11.8 Å². The number of urea groups is 1. The molecule has 0 aromatic rings. The summed E-state index contributed by atoms with van der Waals surface area (Å²) in [6, 6.07) is -0.296. The summed E-state index contributed by atoms with van der Waals surface area (Å²) in [4.78, 5) is 23.9. The lowest BCUT2D eigenvalue weighted by atomic mass is 10.2. The molecule has 1 fully saturated rings. The largest absolute Gasteiger partial charge is 0.396 e. The van der Waals surface area contributed by atoms with Gasteiger partial charge in [0.25, 0.3) is 0 Å². The first-order valence-corrected chi connectivity index (χ1v) is 6.07. The molecule has 1 rings (SSSR count). The monoisotopic (exact) mass is 232 g/mol. The first-order chi connectivity index (χ1) is 7.15. The number of nitrogens with one attached hydrogen (secondary N) is 1. The van der Waals surface area contributed by atoms with E-state index in [1.54, 1.807) is 0 Å². The van der Waals surface area contributed by atoms with E-state index in [1.807, 2.05) is 6.92 Å². The van der Waals surface area contributed by atoms with Gasteiger partial charge >= 0.3 is 6.03 Å². The fourth-order valence-corrected chi connectivity index (χ4v) is 2.14. The lowest BCUT2D eigenvalue weighted by molar-refractivity contribution is -0.124. The summed E-state index contributed by atoms with van der Waals surface area (Å²) < 4.78 is 0. The van der Waals surface area contributed by atoms with Crippen LogP contribution >= 0.6 is 11.8 Å². The van der Waals surface area contributed by atoms with Gasteiger partial charge in [0, 0.05) is 19.7 Å². The lowest BCUT2D eigenvalue weighted by Gasteiger charge is -2.12. The van der Waals surface area contributed by atoms with Gasteiger partial charge in [0.2, 0.25) is 5.91 Å². The third kappa shape index (κ3) is 3.71. The van der Waals surface area contributed by atoms with Crippen LogP contribution in [0.5, 0.6) is 0 Å². The number of imide groups is 1. The Bertz CT molecular complexity index is 248. The molecule has 5 nitrogen and oxygen atoms in total. The third-order valence-corrected chi connectivity index (χ3v) is 3.35. The van der Waals surface area contributed by atoms with Crippen LogP contribution in [0.4, 0.5) is 4.79 Å². The highest BCUT2D eigenvalue weighted by molar-refractivity contribution is 7.99. The minimum Gasteiger partial charge on any atom is -0.396 e. The Balaban J connectivity index is 2.21. The highest BCUT2D eigenvalue weighted by Gasteiger charge is 2.25. The Morgan fingerprint density at radius 1 is 1.73 bits per heavy atom. The average Bonchev–Trinajstić information content (AvgIpc) is 2.64. The second-order valence-corrected chi connectivity index (χ2v) is 4.61. The summed E-state index contributed by atoms with van der Waals surface area (Å²) in [5, 5.41) is 11.4. The maximum absolute atomic E-state index is 11.5. The molecule has 0 aromatic heterocycles. The quantitative estimate of drug-likeness (QED) is 0.694. The average molecular weight is 232 g/mol. The molecule has 1 heterocycles. The first-order valence-electron chi connectivity index (χ1n) is 4.92. The van der Waals surface area contributed by atoms with Gasteiger partial charge in [-0.3, -0.25) is 9.69 Å². The van der Waals surface area contributed by atoms with Gasteiger partial charge in [0.15, 0.2) is 0 Å². The number of amides is 3. The maximum Gasteiger partial charge on any atom is 0.324 e. The number of nitrogens with zero attached hydrogens (tertiary/aromatic N) is 1. The molecule has 0 aromatic carbocycles. The van der Waals surface area contributed by atoms with Crippen LogP contribution in [0.1, 0.15) is 6.92 Å². The summed E-state index contributed by atoms with van der Waals surface area (Å²) in [7, 11) is 0. The highest BCUT2D eigenvalue weighted by Crippen LogP contribution is 2.09. The minimum absolute atomic E-state index is 0.130. The number of hydrogen-bond donors (Lipinski definition) is 2. The summed E-state index contributed by atoms with van der Waals surface area (Å²) >= 11 is 1.45. The molecule has 86 valence electrons. The molecular weight excluding hydrogens is 216 g/mol. The zero-order chi connectivity index (χ0) is 11.3. The molecule has 1 aliphatic rings. The van der Waals surface area contributed by atoms with E-state index in [2.05, 4.69) is 5.32 Å². The third-order valence-electron chi connectivity index (χ3n) is 2.10. The van der Waals surface area contributed by atoms with E-state index in [1.165, 1.54) is 16.7 Å². The standard InChI is InChI=1S/C9H16N2O3S/c1-7(4-12)5-15-6-8(13)11-3-2-10-9(11)14/h7,12H,2-6H2,1H3,(H,10,14). The molecule has 0 bridgehead atoms. The van der Waals surface area contributed by atoms with E-state index in [-0.39, 0.29) is 24.5 Å². The van der Waals surface area contributed by atoms with Crippen molar-refractivity contribution in [1.82, 2.24) is 10.2 Å². The van der Waals surface area contributed by atoms with Gasteiger partial charge in [-0.25, -0.2) is 4.79 Å². The van der Waals surface area contributed by atoms with E-state index in [0.717, 1.165) is 5.75 Å². The minimum atomic E-state index is -0.296. The number of carbonyl (C=O) groups is 2. The van der Waals surface area contributed by atoms with Gasteiger partial charge in [-0.15, -0.1) is 0 Å². The van der Waals surface area contributed by atoms with Crippen LogP contribution in [-0.4, -0.2) is 53.1 Å². The van der Waals surface area contributed by atoms with Crippen molar-refractivity contribution in [3.05, 3.63) is 0 Å². The van der Waals surface area contributed by atoms with Crippen molar-refractivity contribution in [2.24, 2.45) is 5.92 Å². The highest BCUT2D eigenvalue weighted by atomic mass is 32.2. The zero-order valence-corrected chi connectivity index (χ0v) is 9.55. The van der Waals surface area contributed by atoms with Crippen LogP contribution in [0.25, 0.3) is 0 Å². The smallest absolute Gasteiger partial charge is 0.324 e. The molecule has 1 atom stereocenters. The van der Waals surface area contributed by atoms with Gasteiger partial charge in [-0.1, -0.05) is 6.92 Å². The van der Waals surface area contributed by atoms with Crippen molar-refractivity contribution in [2.45, 2.75) is 6.92 Å². The van der Waals surface area contributed by atoms with E-state index >= 15 is 0 Å². The predicted molar refractivity (Wildman–Crippen MR) is 58.7 cm³/mol. The van der Waals surface area contributed by atoms with Gasteiger partial charge < -0.3 is 10.4 Å². The van der Waals surface area contributed by atoms with Crippen LogP contribution < -0.4 is 5.32 Å². The van der Waals surface area contributed by atoms with Crippen molar-refractivity contribution in [3.8, 4) is 0 Å². The number of rotatable bonds is 5. The second-order valence-electron chi connectivity index (χ2n) is 3.58. The van der Waals surface area contributed by atoms with Crippen LogP contribution in [0.2, 0.25) is 0 Å². The van der Waals surface area contributed by atoms with Crippen molar-refractivity contribution in [3.63, 3.8) is 0 Å². The Morgan fingerprint density at radius 3 is 3.00 bits per heavy atom. The Kier molecular flexibility index (Phi) is 4.90. The summed E-state index contributed by atoms with van der Waals surface area (Å²) in [6.07, 6.45) is 0. The number of carbonyl (C=O) groups excluding carboxylic acids is 2. The summed E-state index contributed by atoms with van der Waals surface area (Å²) in [5.41, 5.74) is 0. The molecule has 1 unspecified atom stereocenters. The Morgan fingerprint density at radius 2 is 2.47 bits per heavy atom. The molecule has 0 saturated carbocycles. The fourth-order valence-electron chi connectivity index (χ4n) is 1.19. The normalized spacial score (nSPS) is 17.7. The molecule has 0 radical (unpaired) electrons. The first kappa shape index (κ1) is 12.3. The Labute approximate surface area is 93.2 Å². The SMILES string of the molecule is CC(CO)CSCC(=O)N1CCNC1=O. The molecule has 15 heavy (non-hydrogen) atoms. The van der Waals surface area contributed by atoms with E-state index in [4.69, 9.17) is 5.11 Å². The topological polar surface area (TPSA) is 69.6 Å². The van der Waals surface area contributed by atoms with Crippen LogP contribution in [0.3, 0.4) is 0 Å². The molecule has 1 saturated heterocycles. The Hall–Kier alpha value is -0.750. The summed E-state index contributed by atoms with van der Waals surface area (Å²) in [6.45, 7) is 3.06. The van der Waals surface area contributed by atoms with Crippen molar-refractivity contribution in [2.75, 3.05) is 31.2 Å². The molecule has 0 spiro atoms. The number of hydrogen-bond acceptors (Lipinski definition) is 4. The van der Waals surface area contributed by atoms with Crippen LogP contribution in [-0.2, 0) is 4.79 Å². The van der Waals surface area contributed by atoms with E-state index in [9.17, 15) is 9.59 Å². The number of aliphatic hydroxyl groups is 1. The number of thioether (sulfide) groups is 1. The summed E-state index contributed by atoms with van der Waals surface area (Å²) in [5.74, 6) is 1.07. The van der Waals surface area contributed by atoms with E-state index in [0.29, 0.717) is 18.8 Å².